The van der Waals surface area contributed by atoms with Crippen molar-refractivity contribution in [2.24, 2.45) is 17.6 Å². The zero-order chi connectivity index (χ0) is 15.8. The van der Waals surface area contributed by atoms with Crippen LogP contribution < -0.4 is 11.1 Å². The van der Waals surface area contributed by atoms with Crippen molar-refractivity contribution in [2.75, 3.05) is 19.0 Å². The highest BCUT2D eigenvalue weighted by molar-refractivity contribution is 6.01. The Kier molecular flexibility index (Phi) is 6.88. The summed E-state index contributed by atoms with van der Waals surface area (Å²) in [7, 11) is 1.31. The van der Waals surface area contributed by atoms with Crippen LogP contribution in [0.25, 0.3) is 0 Å². The van der Waals surface area contributed by atoms with E-state index in [0.29, 0.717) is 30.1 Å². The summed E-state index contributed by atoms with van der Waals surface area (Å²) in [6.45, 7) is 4.69. The zero-order valence-electron chi connectivity index (χ0n) is 12.9. The number of methoxy groups -OCH3 is 1. The fourth-order valence-electron chi connectivity index (χ4n) is 2.27. The molecule has 0 aliphatic carbocycles. The third-order valence-corrected chi connectivity index (χ3v) is 3.22. The van der Waals surface area contributed by atoms with E-state index in [1.165, 1.54) is 7.11 Å². The molecule has 5 heteroatoms. The maximum Gasteiger partial charge on any atom is 0.339 e. The topological polar surface area (TPSA) is 81.4 Å². The lowest BCUT2D eigenvalue weighted by Crippen LogP contribution is -2.24. The van der Waals surface area contributed by atoms with Gasteiger partial charge in [0.05, 0.1) is 18.4 Å². The van der Waals surface area contributed by atoms with Crippen molar-refractivity contribution in [3.8, 4) is 0 Å². The Bertz CT molecular complexity index is 486. The Morgan fingerprint density at radius 1 is 1.29 bits per heavy atom. The summed E-state index contributed by atoms with van der Waals surface area (Å²) in [6.07, 6.45) is 1.26. The number of amides is 1. The molecule has 5 nitrogen and oxygen atoms in total. The number of carbonyl (C=O) groups is 2. The molecule has 0 heterocycles. The quantitative estimate of drug-likeness (QED) is 0.756. The van der Waals surface area contributed by atoms with Crippen LogP contribution in [0.3, 0.4) is 0 Å². The van der Waals surface area contributed by atoms with Gasteiger partial charge in [-0.3, -0.25) is 4.79 Å². The zero-order valence-corrected chi connectivity index (χ0v) is 12.9. The van der Waals surface area contributed by atoms with E-state index in [9.17, 15) is 9.59 Å². The summed E-state index contributed by atoms with van der Waals surface area (Å²) >= 11 is 0. The highest BCUT2D eigenvalue weighted by Crippen LogP contribution is 2.19. The van der Waals surface area contributed by atoms with Crippen LogP contribution in [0.15, 0.2) is 24.3 Å². The number of hydrogen-bond donors (Lipinski definition) is 2. The van der Waals surface area contributed by atoms with Crippen molar-refractivity contribution in [3.05, 3.63) is 29.8 Å². The van der Waals surface area contributed by atoms with Crippen molar-refractivity contribution < 1.29 is 14.3 Å². The van der Waals surface area contributed by atoms with E-state index >= 15 is 0 Å². The fourth-order valence-corrected chi connectivity index (χ4v) is 2.27. The monoisotopic (exact) mass is 292 g/mol. The van der Waals surface area contributed by atoms with Crippen molar-refractivity contribution in [2.45, 2.75) is 26.7 Å². The van der Waals surface area contributed by atoms with Gasteiger partial charge in [-0.05, 0) is 36.9 Å². The van der Waals surface area contributed by atoms with Crippen molar-refractivity contribution in [1.82, 2.24) is 0 Å². The van der Waals surface area contributed by atoms with E-state index in [2.05, 4.69) is 19.2 Å². The van der Waals surface area contributed by atoms with Gasteiger partial charge in [0.15, 0.2) is 0 Å². The molecule has 1 aromatic carbocycles. The number of nitrogens with one attached hydrogen (secondary N) is 1. The number of esters is 1. The van der Waals surface area contributed by atoms with Gasteiger partial charge in [0, 0.05) is 6.42 Å². The van der Waals surface area contributed by atoms with Gasteiger partial charge in [-0.2, -0.15) is 0 Å². The average Bonchev–Trinajstić information content (AvgIpc) is 2.45. The Morgan fingerprint density at radius 3 is 2.52 bits per heavy atom. The minimum atomic E-state index is -0.469. The van der Waals surface area contributed by atoms with Crippen molar-refractivity contribution in [3.63, 3.8) is 0 Å². The Balaban J connectivity index is 2.72. The first kappa shape index (κ1) is 17.2. The van der Waals surface area contributed by atoms with Crippen LogP contribution >= 0.6 is 0 Å². The molecule has 0 fully saturated rings. The second-order valence-corrected chi connectivity index (χ2v) is 5.52. The van der Waals surface area contributed by atoms with Gasteiger partial charge in [0.2, 0.25) is 5.91 Å². The van der Waals surface area contributed by atoms with E-state index < -0.39 is 5.97 Å². The maximum atomic E-state index is 12.1. The molecule has 0 saturated heterocycles. The van der Waals surface area contributed by atoms with Gasteiger partial charge >= 0.3 is 5.97 Å². The lowest BCUT2D eigenvalue weighted by Gasteiger charge is -2.17. The fraction of sp³-hybridized carbons (Fsp3) is 0.500. The van der Waals surface area contributed by atoms with Gasteiger partial charge in [-0.25, -0.2) is 4.79 Å². The number of benzene rings is 1. The normalized spacial score (nSPS) is 12.0. The van der Waals surface area contributed by atoms with Crippen LogP contribution in [0.2, 0.25) is 0 Å². The molecule has 0 spiro atoms. The van der Waals surface area contributed by atoms with Crippen LogP contribution in [0.1, 0.15) is 37.0 Å². The van der Waals surface area contributed by atoms with E-state index in [-0.39, 0.29) is 11.8 Å². The van der Waals surface area contributed by atoms with E-state index in [4.69, 9.17) is 10.5 Å². The Hall–Kier alpha value is -1.88. The van der Waals surface area contributed by atoms with E-state index in [1.54, 1.807) is 24.3 Å². The standard InChI is InChI=1S/C16H24N2O3/c1-11(2)8-12(10-17)9-15(19)18-14-7-5-4-6-13(14)16(20)21-3/h4-7,11-12H,8-10,17H2,1-3H3,(H,18,19). The first-order chi connectivity index (χ1) is 9.97. The second kappa shape index (κ2) is 8.42. The smallest absolute Gasteiger partial charge is 0.339 e. The third kappa shape index (κ3) is 5.55. The molecule has 1 atom stereocenters. The molecule has 1 unspecified atom stereocenters. The molecule has 1 rings (SSSR count). The number of hydrogen-bond acceptors (Lipinski definition) is 4. The van der Waals surface area contributed by atoms with Crippen LogP contribution in [0.5, 0.6) is 0 Å². The molecule has 116 valence electrons. The lowest BCUT2D eigenvalue weighted by molar-refractivity contribution is -0.117. The molecule has 0 bridgehead atoms. The number of para-hydroxylation sites is 1. The molecule has 0 aromatic heterocycles. The van der Waals surface area contributed by atoms with Gasteiger partial charge in [0.25, 0.3) is 0 Å². The predicted molar refractivity (Wildman–Crippen MR) is 83.0 cm³/mol. The lowest BCUT2D eigenvalue weighted by atomic mass is 9.94. The Labute approximate surface area is 125 Å². The molecular weight excluding hydrogens is 268 g/mol. The van der Waals surface area contributed by atoms with E-state index in [0.717, 1.165) is 6.42 Å². The number of ether oxygens (including phenoxy) is 1. The Morgan fingerprint density at radius 2 is 1.95 bits per heavy atom. The van der Waals surface area contributed by atoms with Crippen LogP contribution in [0, 0.1) is 11.8 Å². The first-order valence-corrected chi connectivity index (χ1v) is 7.15. The third-order valence-electron chi connectivity index (χ3n) is 3.22. The molecule has 0 aliphatic heterocycles. The SMILES string of the molecule is COC(=O)c1ccccc1NC(=O)CC(CN)CC(C)C. The van der Waals surface area contributed by atoms with Crippen LogP contribution in [-0.4, -0.2) is 25.5 Å². The molecule has 0 aliphatic rings. The largest absolute Gasteiger partial charge is 0.465 e. The minimum Gasteiger partial charge on any atom is -0.465 e. The van der Waals surface area contributed by atoms with Gasteiger partial charge in [-0.1, -0.05) is 26.0 Å². The van der Waals surface area contributed by atoms with Crippen molar-refractivity contribution in [1.29, 1.82) is 0 Å². The van der Waals surface area contributed by atoms with Gasteiger partial charge in [0.1, 0.15) is 0 Å². The number of rotatable bonds is 7. The molecule has 1 aromatic rings. The number of nitrogens with two attached hydrogens (primary N) is 1. The first-order valence-electron chi connectivity index (χ1n) is 7.15. The van der Waals surface area contributed by atoms with Gasteiger partial charge in [-0.15, -0.1) is 0 Å². The predicted octanol–water partition coefficient (Wildman–Crippen LogP) is 2.42. The van der Waals surface area contributed by atoms with Crippen molar-refractivity contribution >= 4 is 17.6 Å². The average molecular weight is 292 g/mol. The molecular formula is C16H24N2O3. The number of carbonyl (C=O) groups excluding carboxylic acids is 2. The highest BCUT2D eigenvalue weighted by Gasteiger charge is 2.17. The summed E-state index contributed by atoms with van der Waals surface area (Å²) < 4.78 is 4.70. The molecule has 3 N–H and O–H groups in total. The molecule has 21 heavy (non-hydrogen) atoms. The maximum absolute atomic E-state index is 12.1. The second-order valence-electron chi connectivity index (χ2n) is 5.52. The molecule has 0 radical (unpaired) electrons. The summed E-state index contributed by atoms with van der Waals surface area (Å²) in [5.74, 6) is 0.0369. The van der Waals surface area contributed by atoms with E-state index in [1.807, 2.05) is 0 Å². The van der Waals surface area contributed by atoms with Crippen LogP contribution in [0.4, 0.5) is 5.69 Å². The summed E-state index contributed by atoms with van der Waals surface area (Å²) in [5.41, 5.74) is 6.52. The van der Waals surface area contributed by atoms with Gasteiger partial charge < -0.3 is 15.8 Å². The summed E-state index contributed by atoms with van der Waals surface area (Å²) in [5, 5.41) is 2.77. The molecule has 0 saturated carbocycles. The summed E-state index contributed by atoms with van der Waals surface area (Å²) in [4.78, 5) is 23.8. The molecule has 1 amide bonds. The summed E-state index contributed by atoms with van der Waals surface area (Å²) in [6, 6.07) is 6.79. The number of anilines is 1. The van der Waals surface area contributed by atoms with Crippen LogP contribution in [-0.2, 0) is 9.53 Å². The highest BCUT2D eigenvalue weighted by atomic mass is 16.5. The minimum absolute atomic E-state index is 0.137.